The number of aryl methyl sites for hydroxylation is 2. The number of likely N-dealkylation sites (tertiary alicyclic amines) is 2. The van der Waals surface area contributed by atoms with Gasteiger partial charge in [0.15, 0.2) is 0 Å². The molecule has 30 heavy (non-hydrogen) atoms. The Morgan fingerprint density at radius 3 is 2.53 bits per heavy atom. The normalized spacial score (nSPS) is 21.3. The average molecular weight is 445 g/mol. The van der Waals surface area contributed by atoms with Crippen LogP contribution in [0.25, 0.3) is 0 Å². The number of carbonyl (C=O) groups is 2. The summed E-state index contributed by atoms with van der Waals surface area (Å²) in [6.07, 6.45) is -3.95. The Kier molecular flexibility index (Phi) is 6.51. The number of rotatable bonds is 3. The zero-order chi connectivity index (χ0) is 22.1. The van der Waals surface area contributed by atoms with E-state index in [0.717, 1.165) is 49.6 Å². The number of nitrogens with zero attached hydrogens (tertiary/aromatic N) is 3. The van der Waals surface area contributed by atoms with Crippen molar-refractivity contribution in [2.75, 3.05) is 19.6 Å². The monoisotopic (exact) mass is 445 g/mol. The Morgan fingerprint density at radius 1 is 1.30 bits per heavy atom. The standard InChI is InChI=1S/C17H21N3O2S.C2HF3O2/c1-11-16(12(2)22-18-11)9-19-6-13-5-15(8-19)20(7-13)17(21)14-3-4-23-10-14;3-2(4,5)1(6)7/h3-4,10,13,15H,5-9H2,1-2H3;(H,6,7). The van der Waals surface area contributed by atoms with Crippen molar-refractivity contribution in [2.24, 2.45) is 5.92 Å². The maximum atomic E-state index is 12.7. The van der Waals surface area contributed by atoms with Crippen LogP contribution in [0.15, 0.2) is 21.3 Å². The molecule has 0 saturated carbocycles. The van der Waals surface area contributed by atoms with Gasteiger partial charge >= 0.3 is 12.1 Å². The first-order valence-corrected chi connectivity index (χ1v) is 10.3. The molecular formula is C19H22F3N3O4S. The van der Waals surface area contributed by atoms with Crippen molar-refractivity contribution in [3.63, 3.8) is 0 Å². The quantitative estimate of drug-likeness (QED) is 0.780. The second-order valence-electron chi connectivity index (χ2n) is 7.52. The second kappa shape index (κ2) is 8.76. The van der Waals surface area contributed by atoms with E-state index >= 15 is 0 Å². The molecule has 2 aromatic rings. The van der Waals surface area contributed by atoms with Gasteiger partial charge < -0.3 is 14.5 Å². The van der Waals surface area contributed by atoms with Crippen molar-refractivity contribution in [3.8, 4) is 0 Å². The van der Waals surface area contributed by atoms with Crippen LogP contribution < -0.4 is 0 Å². The van der Waals surface area contributed by atoms with Crippen LogP contribution in [-0.2, 0) is 11.3 Å². The lowest BCUT2D eigenvalue weighted by Crippen LogP contribution is -2.43. The molecular weight excluding hydrogens is 423 g/mol. The summed E-state index contributed by atoms with van der Waals surface area (Å²) in [4.78, 5) is 26.1. The maximum Gasteiger partial charge on any atom is 0.490 e. The van der Waals surface area contributed by atoms with Crippen molar-refractivity contribution >= 4 is 23.2 Å². The van der Waals surface area contributed by atoms with Gasteiger partial charge in [-0.25, -0.2) is 4.79 Å². The van der Waals surface area contributed by atoms with Crippen molar-refractivity contribution in [3.05, 3.63) is 39.4 Å². The first kappa shape index (κ1) is 22.3. The van der Waals surface area contributed by atoms with Gasteiger partial charge in [0.1, 0.15) is 5.76 Å². The number of carboxylic acid groups (broad SMARTS) is 1. The van der Waals surface area contributed by atoms with Crippen LogP contribution in [0.3, 0.4) is 0 Å². The van der Waals surface area contributed by atoms with Gasteiger partial charge in [0.2, 0.25) is 0 Å². The number of aliphatic carboxylic acids is 1. The van der Waals surface area contributed by atoms with E-state index in [0.29, 0.717) is 12.0 Å². The maximum absolute atomic E-state index is 12.7. The summed E-state index contributed by atoms with van der Waals surface area (Å²) in [5.41, 5.74) is 3.01. The fraction of sp³-hybridized carbons (Fsp3) is 0.526. The summed E-state index contributed by atoms with van der Waals surface area (Å²) in [7, 11) is 0. The zero-order valence-electron chi connectivity index (χ0n) is 16.5. The van der Waals surface area contributed by atoms with Crippen LogP contribution in [0.4, 0.5) is 13.2 Å². The average Bonchev–Trinajstić information content (AvgIpc) is 3.38. The molecule has 2 aliphatic heterocycles. The minimum atomic E-state index is -5.08. The van der Waals surface area contributed by atoms with Crippen molar-refractivity contribution in [2.45, 2.75) is 39.0 Å². The first-order chi connectivity index (χ1) is 14.1. The van der Waals surface area contributed by atoms with Crippen LogP contribution in [0.5, 0.6) is 0 Å². The lowest BCUT2D eigenvalue weighted by atomic mass is 9.99. The number of piperidine rings is 1. The second-order valence-corrected chi connectivity index (χ2v) is 8.30. The number of hydrogen-bond donors (Lipinski definition) is 1. The first-order valence-electron chi connectivity index (χ1n) is 9.33. The highest BCUT2D eigenvalue weighted by Gasteiger charge is 2.41. The molecule has 2 unspecified atom stereocenters. The molecule has 2 fully saturated rings. The Morgan fingerprint density at radius 2 is 2.00 bits per heavy atom. The van der Waals surface area contributed by atoms with E-state index in [1.807, 2.05) is 30.7 Å². The molecule has 4 heterocycles. The molecule has 0 radical (unpaired) electrons. The highest BCUT2D eigenvalue weighted by molar-refractivity contribution is 7.08. The van der Waals surface area contributed by atoms with Gasteiger partial charge in [-0.2, -0.15) is 24.5 Å². The van der Waals surface area contributed by atoms with Gasteiger partial charge in [-0.3, -0.25) is 9.69 Å². The molecule has 11 heteroatoms. The topological polar surface area (TPSA) is 86.9 Å². The molecule has 1 N–H and O–H groups in total. The van der Waals surface area contributed by atoms with Crippen LogP contribution in [0, 0.1) is 19.8 Å². The van der Waals surface area contributed by atoms with Crippen LogP contribution >= 0.6 is 11.3 Å². The summed E-state index contributed by atoms with van der Waals surface area (Å²) >= 11 is 1.58. The fourth-order valence-electron chi connectivity index (χ4n) is 3.94. The molecule has 2 aromatic heterocycles. The van der Waals surface area contributed by atoms with E-state index in [2.05, 4.69) is 15.0 Å². The number of carboxylic acids is 1. The van der Waals surface area contributed by atoms with E-state index in [-0.39, 0.29) is 5.91 Å². The molecule has 2 aliphatic rings. The number of fused-ring (bicyclic) bond motifs is 2. The summed E-state index contributed by atoms with van der Waals surface area (Å²) in [6, 6.07) is 2.26. The Bertz CT molecular complexity index is 878. The number of amides is 1. The minimum absolute atomic E-state index is 0.193. The van der Waals surface area contributed by atoms with E-state index in [1.54, 1.807) is 11.3 Å². The highest BCUT2D eigenvalue weighted by Crippen LogP contribution is 2.32. The van der Waals surface area contributed by atoms with Gasteiger partial charge in [-0.05, 0) is 37.6 Å². The Balaban J connectivity index is 0.000000318. The lowest BCUT2D eigenvalue weighted by molar-refractivity contribution is -0.192. The molecule has 0 aromatic carbocycles. The number of thiophene rings is 1. The summed E-state index contributed by atoms with van der Waals surface area (Å²) in [5, 5.41) is 15.1. The van der Waals surface area contributed by atoms with Crippen LogP contribution in [0.1, 0.15) is 33.8 Å². The van der Waals surface area contributed by atoms with Gasteiger partial charge in [-0.1, -0.05) is 5.16 Å². The SMILES string of the molecule is Cc1noc(C)c1CN1CC2CC(C1)N(C(=O)c1ccsc1)C2.O=C(O)C(F)(F)F. The highest BCUT2D eigenvalue weighted by atomic mass is 32.1. The van der Waals surface area contributed by atoms with Gasteiger partial charge in [0.25, 0.3) is 5.91 Å². The third-order valence-corrected chi connectivity index (χ3v) is 6.00. The molecule has 1 amide bonds. The molecule has 2 atom stereocenters. The lowest BCUT2D eigenvalue weighted by Gasteiger charge is -2.32. The van der Waals surface area contributed by atoms with E-state index in [4.69, 9.17) is 14.4 Å². The predicted molar refractivity (Wildman–Crippen MR) is 102 cm³/mol. The van der Waals surface area contributed by atoms with E-state index < -0.39 is 12.1 Å². The number of hydrogen-bond acceptors (Lipinski definition) is 6. The number of aromatic nitrogens is 1. The Hall–Kier alpha value is -2.40. The molecule has 0 aliphatic carbocycles. The van der Waals surface area contributed by atoms with Gasteiger partial charge in [0.05, 0.1) is 11.3 Å². The van der Waals surface area contributed by atoms with Crippen molar-refractivity contribution in [1.29, 1.82) is 0 Å². The molecule has 2 bridgehead atoms. The molecule has 4 rings (SSSR count). The number of carbonyl (C=O) groups excluding carboxylic acids is 1. The van der Waals surface area contributed by atoms with Gasteiger partial charge in [-0.15, -0.1) is 0 Å². The molecule has 7 nitrogen and oxygen atoms in total. The smallest absolute Gasteiger partial charge is 0.475 e. The molecule has 0 spiro atoms. The fourth-order valence-corrected chi connectivity index (χ4v) is 4.57. The van der Waals surface area contributed by atoms with Crippen molar-refractivity contribution < 1.29 is 32.4 Å². The largest absolute Gasteiger partial charge is 0.490 e. The third-order valence-electron chi connectivity index (χ3n) is 5.32. The zero-order valence-corrected chi connectivity index (χ0v) is 17.3. The van der Waals surface area contributed by atoms with E-state index in [1.165, 1.54) is 5.56 Å². The van der Waals surface area contributed by atoms with Crippen molar-refractivity contribution in [1.82, 2.24) is 15.0 Å². The van der Waals surface area contributed by atoms with Crippen LogP contribution in [0.2, 0.25) is 0 Å². The van der Waals surface area contributed by atoms with Crippen LogP contribution in [-0.4, -0.2) is 63.8 Å². The predicted octanol–water partition coefficient (Wildman–Crippen LogP) is 3.33. The third kappa shape index (κ3) is 5.01. The summed E-state index contributed by atoms with van der Waals surface area (Å²) < 4.78 is 37.0. The van der Waals surface area contributed by atoms with E-state index in [9.17, 15) is 18.0 Å². The molecule has 164 valence electrons. The number of halogens is 3. The minimum Gasteiger partial charge on any atom is -0.475 e. The Labute approximate surface area is 175 Å². The summed E-state index contributed by atoms with van der Waals surface area (Å²) in [6.45, 7) is 7.72. The number of alkyl halides is 3. The summed E-state index contributed by atoms with van der Waals surface area (Å²) in [5.74, 6) is -1.08. The molecule has 2 saturated heterocycles. The van der Waals surface area contributed by atoms with Gasteiger partial charge in [0, 0.05) is 43.2 Å².